The molecule has 0 aromatic heterocycles. The first-order chi connectivity index (χ1) is 6.20. The van der Waals surface area contributed by atoms with Crippen molar-refractivity contribution in [1.82, 2.24) is 0 Å². The molecule has 0 amide bonds. The van der Waals surface area contributed by atoms with Crippen molar-refractivity contribution in [3.63, 3.8) is 0 Å². The molecule has 80 valence electrons. The zero-order valence-corrected chi connectivity index (χ0v) is 8.87. The maximum Gasteiger partial charge on any atom is 0.310 e. The minimum atomic E-state index is -1.15. The van der Waals surface area contributed by atoms with E-state index in [4.69, 9.17) is 10.2 Å². The van der Waals surface area contributed by atoms with E-state index in [1.807, 2.05) is 0 Å². The van der Waals surface area contributed by atoms with Gasteiger partial charge in [0.2, 0.25) is 0 Å². The van der Waals surface area contributed by atoms with Crippen molar-refractivity contribution in [2.75, 3.05) is 0 Å². The first-order valence-corrected chi connectivity index (χ1v) is 4.67. The van der Waals surface area contributed by atoms with Crippen LogP contribution in [0.1, 0.15) is 27.7 Å². The van der Waals surface area contributed by atoms with Crippen LogP contribution in [-0.2, 0) is 9.59 Å². The van der Waals surface area contributed by atoms with Crippen LogP contribution in [0.15, 0.2) is 0 Å². The summed E-state index contributed by atoms with van der Waals surface area (Å²) in [4.78, 5) is 22.2. The molecule has 0 aromatic carbocycles. The van der Waals surface area contributed by atoms with Gasteiger partial charge >= 0.3 is 11.9 Å². The summed E-state index contributed by atoms with van der Waals surface area (Å²) in [6.45, 7) is 6.63. The number of aliphatic carboxylic acids is 2. The van der Waals surface area contributed by atoms with Crippen LogP contribution >= 0.6 is 0 Å². The molecule has 4 heteroatoms. The van der Waals surface area contributed by atoms with Gasteiger partial charge in [-0.2, -0.15) is 0 Å². The Balaban J connectivity index is 3.20. The summed E-state index contributed by atoms with van der Waals surface area (Å²) in [5.41, 5.74) is -2.31. The second kappa shape index (κ2) is 2.72. The Morgan fingerprint density at radius 1 is 0.929 bits per heavy atom. The number of hydrogen-bond acceptors (Lipinski definition) is 2. The average Bonchev–Trinajstić information content (AvgIpc) is 2.12. The van der Waals surface area contributed by atoms with Crippen molar-refractivity contribution in [3.05, 3.63) is 0 Å². The zero-order valence-electron chi connectivity index (χ0n) is 8.87. The van der Waals surface area contributed by atoms with Gasteiger partial charge in [0.25, 0.3) is 0 Å². The number of carboxylic acids is 2. The molecule has 0 saturated heterocycles. The van der Waals surface area contributed by atoms with Crippen LogP contribution < -0.4 is 0 Å². The minimum absolute atomic E-state index is 0.110. The third-order valence-electron chi connectivity index (χ3n) is 4.54. The van der Waals surface area contributed by atoms with E-state index in [2.05, 4.69) is 0 Å². The fourth-order valence-corrected chi connectivity index (χ4v) is 2.68. The molecule has 0 spiro atoms. The van der Waals surface area contributed by atoms with Crippen LogP contribution in [-0.4, -0.2) is 22.2 Å². The lowest BCUT2D eigenvalue weighted by atomic mass is 9.40. The Hall–Kier alpha value is -1.06. The first-order valence-electron chi connectivity index (χ1n) is 4.67. The molecule has 0 aromatic rings. The van der Waals surface area contributed by atoms with Crippen molar-refractivity contribution < 1.29 is 19.8 Å². The largest absolute Gasteiger partial charge is 0.481 e. The van der Waals surface area contributed by atoms with Gasteiger partial charge in [-0.05, 0) is 25.7 Å². The quantitative estimate of drug-likeness (QED) is 0.707. The molecule has 2 unspecified atom stereocenters. The number of rotatable bonds is 2. The van der Waals surface area contributed by atoms with Crippen molar-refractivity contribution >= 4 is 11.9 Å². The number of carboxylic acid groups (broad SMARTS) is 2. The van der Waals surface area contributed by atoms with Crippen LogP contribution in [0.2, 0.25) is 0 Å². The normalized spacial score (nSPS) is 46.9. The molecule has 2 N–H and O–H groups in total. The summed E-state index contributed by atoms with van der Waals surface area (Å²) in [6.07, 6.45) is 0. The van der Waals surface area contributed by atoms with Crippen LogP contribution in [0, 0.1) is 22.7 Å². The van der Waals surface area contributed by atoms with E-state index in [0.717, 1.165) is 0 Å². The molecule has 4 nitrogen and oxygen atoms in total. The lowest BCUT2D eigenvalue weighted by molar-refractivity contribution is -0.218. The highest BCUT2D eigenvalue weighted by atomic mass is 16.4. The van der Waals surface area contributed by atoms with E-state index in [1.165, 1.54) is 13.8 Å². The third kappa shape index (κ3) is 0.837. The standard InChI is InChI=1S/C10H16O4/c1-5-6(2)10(4,8(13)14)9(5,3)7(11)12/h5-6H,1-4H3,(H,11,12)(H,13,14)/t5?,6?,9-,10+. The van der Waals surface area contributed by atoms with Crippen molar-refractivity contribution in [2.24, 2.45) is 22.7 Å². The van der Waals surface area contributed by atoms with Crippen molar-refractivity contribution in [1.29, 1.82) is 0 Å². The molecule has 0 aliphatic heterocycles. The van der Waals surface area contributed by atoms with Gasteiger partial charge in [0.1, 0.15) is 0 Å². The van der Waals surface area contributed by atoms with E-state index < -0.39 is 22.8 Å². The number of hydrogen-bond donors (Lipinski definition) is 2. The van der Waals surface area contributed by atoms with E-state index in [9.17, 15) is 9.59 Å². The van der Waals surface area contributed by atoms with Gasteiger partial charge in [-0.1, -0.05) is 13.8 Å². The fourth-order valence-electron chi connectivity index (χ4n) is 2.68. The van der Waals surface area contributed by atoms with Gasteiger partial charge in [0.05, 0.1) is 10.8 Å². The molecule has 14 heavy (non-hydrogen) atoms. The molecule has 4 atom stereocenters. The first kappa shape index (κ1) is 11.0. The Morgan fingerprint density at radius 3 is 1.29 bits per heavy atom. The third-order valence-corrected chi connectivity index (χ3v) is 4.54. The van der Waals surface area contributed by atoms with Gasteiger partial charge < -0.3 is 10.2 Å². The molecular formula is C10H16O4. The monoisotopic (exact) mass is 200 g/mol. The Bertz CT molecular complexity index is 268. The highest BCUT2D eigenvalue weighted by molar-refractivity contribution is 5.89. The fraction of sp³-hybridized carbons (Fsp3) is 0.800. The molecule has 1 fully saturated rings. The molecular weight excluding hydrogens is 184 g/mol. The van der Waals surface area contributed by atoms with Crippen LogP contribution in [0.25, 0.3) is 0 Å². The summed E-state index contributed by atoms with van der Waals surface area (Å²) < 4.78 is 0. The Kier molecular flexibility index (Phi) is 2.14. The second-order valence-electron chi connectivity index (χ2n) is 4.59. The molecule has 0 heterocycles. The lowest BCUT2D eigenvalue weighted by Crippen LogP contribution is -2.67. The van der Waals surface area contributed by atoms with Gasteiger partial charge in [-0.25, -0.2) is 0 Å². The Labute approximate surface area is 82.9 Å². The summed E-state index contributed by atoms with van der Waals surface area (Å²) in [7, 11) is 0. The number of carbonyl (C=O) groups is 2. The van der Waals surface area contributed by atoms with E-state index in [-0.39, 0.29) is 11.8 Å². The SMILES string of the molecule is CC1C(C)[C@@](C)(C(=O)O)[C@@]1(C)C(=O)O. The predicted octanol–water partition coefficient (Wildman–Crippen LogP) is 1.45. The van der Waals surface area contributed by atoms with Crippen LogP contribution in [0.5, 0.6) is 0 Å². The van der Waals surface area contributed by atoms with Gasteiger partial charge in [-0.3, -0.25) is 9.59 Å². The molecule has 1 aliphatic carbocycles. The minimum Gasteiger partial charge on any atom is -0.481 e. The molecule has 1 saturated carbocycles. The van der Waals surface area contributed by atoms with Crippen molar-refractivity contribution in [2.45, 2.75) is 27.7 Å². The van der Waals surface area contributed by atoms with Crippen molar-refractivity contribution in [3.8, 4) is 0 Å². The predicted molar refractivity (Wildman–Crippen MR) is 49.8 cm³/mol. The maximum absolute atomic E-state index is 11.1. The molecule has 1 rings (SSSR count). The Morgan fingerprint density at radius 2 is 1.14 bits per heavy atom. The summed E-state index contributed by atoms with van der Waals surface area (Å²) in [6, 6.07) is 0. The summed E-state index contributed by atoms with van der Waals surface area (Å²) in [5, 5.41) is 18.2. The highest BCUT2D eigenvalue weighted by Gasteiger charge is 2.71. The topological polar surface area (TPSA) is 74.6 Å². The van der Waals surface area contributed by atoms with Gasteiger partial charge in [0.15, 0.2) is 0 Å². The molecule has 0 bridgehead atoms. The highest BCUT2D eigenvalue weighted by Crippen LogP contribution is 2.64. The molecule has 1 aliphatic rings. The summed E-state index contributed by atoms with van der Waals surface area (Å²) >= 11 is 0. The van der Waals surface area contributed by atoms with Crippen LogP contribution in [0.4, 0.5) is 0 Å². The molecule has 0 radical (unpaired) electrons. The van der Waals surface area contributed by atoms with E-state index in [1.54, 1.807) is 13.8 Å². The smallest absolute Gasteiger partial charge is 0.310 e. The van der Waals surface area contributed by atoms with Crippen LogP contribution in [0.3, 0.4) is 0 Å². The summed E-state index contributed by atoms with van der Waals surface area (Å²) in [5.74, 6) is -2.26. The van der Waals surface area contributed by atoms with Gasteiger partial charge in [-0.15, -0.1) is 0 Å². The van der Waals surface area contributed by atoms with E-state index >= 15 is 0 Å². The lowest BCUT2D eigenvalue weighted by Gasteiger charge is -2.60. The maximum atomic E-state index is 11.1. The van der Waals surface area contributed by atoms with Gasteiger partial charge in [0, 0.05) is 0 Å². The zero-order chi connectivity index (χ0) is 11.3. The van der Waals surface area contributed by atoms with E-state index in [0.29, 0.717) is 0 Å². The average molecular weight is 200 g/mol. The second-order valence-corrected chi connectivity index (χ2v) is 4.59.